The zero-order valence-corrected chi connectivity index (χ0v) is 16.3. The summed E-state index contributed by atoms with van der Waals surface area (Å²) in [5.74, 6) is 1.88. The molecule has 1 aliphatic rings. The zero-order chi connectivity index (χ0) is 18.6. The van der Waals surface area contributed by atoms with Crippen molar-refractivity contribution in [2.24, 2.45) is 4.99 Å². The van der Waals surface area contributed by atoms with Gasteiger partial charge in [-0.15, -0.1) is 11.8 Å². The standard InChI is InChI=1S/C24H21NOS/c1-3-27-24-21-12-8-7-11-20(21)23(25-18-9-5-4-6-10-18)22(24)17-13-15-19(26-2)16-14-17/h4-16H,3H2,1-2H3. The van der Waals surface area contributed by atoms with E-state index in [4.69, 9.17) is 9.73 Å². The Balaban J connectivity index is 1.94. The Labute approximate surface area is 164 Å². The smallest absolute Gasteiger partial charge is 0.118 e. The zero-order valence-electron chi connectivity index (χ0n) is 15.5. The van der Waals surface area contributed by atoms with Crippen molar-refractivity contribution in [2.45, 2.75) is 6.92 Å². The number of hydrogen-bond acceptors (Lipinski definition) is 3. The number of allylic oxidation sites excluding steroid dienone is 1. The van der Waals surface area contributed by atoms with Gasteiger partial charge in [-0.25, -0.2) is 4.99 Å². The lowest BCUT2D eigenvalue weighted by Crippen LogP contribution is -2.00. The van der Waals surface area contributed by atoms with Crippen molar-refractivity contribution >= 4 is 33.6 Å². The largest absolute Gasteiger partial charge is 0.497 e. The fourth-order valence-corrected chi connectivity index (χ4v) is 4.31. The van der Waals surface area contributed by atoms with E-state index in [0.29, 0.717) is 0 Å². The first kappa shape index (κ1) is 17.6. The van der Waals surface area contributed by atoms with Gasteiger partial charge in [0.15, 0.2) is 0 Å². The molecule has 0 bridgehead atoms. The van der Waals surface area contributed by atoms with Crippen molar-refractivity contribution < 1.29 is 4.74 Å². The number of aliphatic imine (C=N–C) groups is 1. The van der Waals surface area contributed by atoms with Crippen molar-refractivity contribution in [3.8, 4) is 5.75 Å². The summed E-state index contributed by atoms with van der Waals surface area (Å²) in [6, 6.07) is 27.0. The van der Waals surface area contributed by atoms with Crippen molar-refractivity contribution in [1.82, 2.24) is 0 Å². The number of thioether (sulfide) groups is 1. The van der Waals surface area contributed by atoms with Crippen LogP contribution in [-0.4, -0.2) is 18.6 Å². The molecule has 134 valence electrons. The number of rotatable bonds is 5. The summed E-state index contributed by atoms with van der Waals surface area (Å²) in [5, 5.41) is 0. The average Bonchev–Trinajstić information content (AvgIpc) is 3.03. The number of fused-ring (bicyclic) bond motifs is 1. The van der Waals surface area contributed by atoms with Crippen molar-refractivity contribution in [2.75, 3.05) is 12.9 Å². The van der Waals surface area contributed by atoms with Crippen LogP contribution in [0, 0.1) is 0 Å². The predicted octanol–water partition coefficient (Wildman–Crippen LogP) is 6.45. The monoisotopic (exact) mass is 371 g/mol. The SMILES string of the molecule is CCSC1=C(c2ccc(OC)cc2)C(=Nc2ccccc2)c2ccccc21. The van der Waals surface area contributed by atoms with Gasteiger partial charge in [-0.2, -0.15) is 0 Å². The third kappa shape index (κ3) is 3.43. The first-order valence-electron chi connectivity index (χ1n) is 9.07. The van der Waals surface area contributed by atoms with Crippen LogP contribution in [0.25, 0.3) is 10.5 Å². The molecule has 0 radical (unpaired) electrons. The first-order chi connectivity index (χ1) is 13.3. The number of nitrogens with zero attached hydrogens (tertiary/aromatic N) is 1. The summed E-state index contributed by atoms with van der Waals surface area (Å²) in [7, 11) is 1.69. The maximum absolute atomic E-state index is 5.34. The van der Waals surface area contributed by atoms with Crippen LogP contribution in [0.2, 0.25) is 0 Å². The van der Waals surface area contributed by atoms with Crippen LogP contribution in [0.1, 0.15) is 23.6 Å². The average molecular weight is 372 g/mol. The summed E-state index contributed by atoms with van der Waals surface area (Å²) in [4.78, 5) is 6.35. The van der Waals surface area contributed by atoms with E-state index < -0.39 is 0 Å². The minimum absolute atomic E-state index is 0.862. The highest BCUT2D eigenvalue weighted by Gasteiger charge is 2.28. The van der Waals surface area contributed by atoms with E-state index >= 15 is 0 Å². The van der Waals surface area contributed by atoms with E-state index in [1.165, 1.54) is 21.6 Å². The highest BCUT2D eigenvalue weighted by Crippen LogP contribution is 2.45. The molecule has 0 saturated heterocycles. The molecule has 27 heavy (non-hydrogen) atoms. The van der Waals surface area contributed by atoms with Crippen LogP contribution in [-0.2, 0) is 0 Å². The quantitative estimate of drug-likeness (QED) is 0.514. The summed E-state index contributed by atoms with van der Waals surface area (Å²) in [6.07, 6.45) is 0. The molecule has 0 aliphatic heterocycles. The Morgan fingerprint density at radius 2 is 1.48 bits per heavy atom. The van der Waals surface area contributed by atoms with Crippen LogP contribution in [0.4, 0.5) is 5.69 Å². The lowest BCUT2D eigenvalue weighted by atomic mass is 10.0. The van der Waals surface area contributed by atoms with Crippen LogP contribution in [0.5, 0.6) is 5.75 Å². The van der Waals surface area contributed by atoms with E-state index in [0.717, 1.165) is 28.5 Å². The van der Waals surface area contributed by atoms with E-state index in [1.807, 2.05) is 54.2 Å². The lowest BCUT2D eigenvalue weighted by molar-refractivity contribution is 0.415. The minimum Gasteiger partial charge on any atom is -0.497 e. The second-order valence-corrected chi connectivity index (χ2v) is 7.48. The fraction of sp³-hybridized carbons (Fsp3) is 0.125. The molecule has 0 atom stereocenters. The molecule has 3 aromatic rings. The number of ether oxygens (including phenoxy) is 1. The van der Waals surface area contributed by atoms with E-state index in [2.05, 4.69) is 43.3 Å². The second kappa shape index (κ2) is 7.85. The molecule has 4 rings (SSSR count). The Bertz CT molecular complexity index is 1000. The minimum atomic E-state index is 0.862. The molecular weight excluding hydrogens is 350 g/mol. The summed E-state index contributed by atoms with van der Waals surface area (Å²) < 4.78 is 5.34. The van der Waals surface area contributed by atoms with Gasteiger partial charge in [-0.3, -0.25) is 0 Å². The Morgan fingerprint density at radius 3 is 2.15 bits per heavy atom. The van der Waals surface area contributed by atoms with Gasteiger partial charge in [0, 0.05) is 16.0 Å². The molecule has 3 aromatic carbocycles. The van der Waals surface area contributed by atoms with Gasteiger partial charge in [-0.1, -0.05) is 61.5 Å². The maximum atomic E-state index is 5.34. The highest BCUT2D eigenvalue weighted by atomic mass is 32.2. The van der Waals surface area contributed by atoms with Crippen molar-refractivity contribution in [1.29, 1.82) is 0 Å². The van der Waals surface area contributed by atoms with Crippen molar-refractivity contribution in [3.63, 3.8) is 0 Å². The van der Waals surface area contributed by atoms with E-state index in [-0.39, 0.29) is 0 Å². The van der Waals surface area contributed by atoms with Gasteiger partial charge in [-0.05, 0) is 41.1 Å². The summed E-state index contributed by atoms with van der Waals surface area (Å²) in [6.45, 7) is 2.19. The second-order valence-electron chi connectivity index (χ2n) is 6.21. The van der Waals surface area contributed by atoms with Crippen LogP contribution < -0.4 is 4.74 Å². The first-order valence-corrected chi connectivity index (χ1v) is 10.1. The maximum Gasteiger partial charge on any atom is 0.118 e. The number of para-hydroxylation sites is 1. The van der Waals surface area contributed by atoms with Crippen LogP contribution >= 0.6 is 11.8 Å². The Kier molecular flexibility index (Phi) is 5.12. The van der Waals surface area contributed by atoms with Gasteiger partial charge in [0.2, 0.25) is 0 Å². The molecule has 0 heterocycles. The van der Waals surface area contributed by atoms with Crippen LogP contribution in [0.3, 0.4) is 0 Å². The molecule has 0 unspecified atom stereocenters. The molecule has 0 N–H and O–H groups in total. The number of benzene rings is 3. The molecule has 0 aromatic heterocycles. The third-order valence-corrected chi connectivity index (χ3v) is 5.56. The van der Waals surface area contributed by atoms with Gasteiger partial charge in [0.25, 0.3) is 0 Å². The van der Waals surface area contributed by atoms with Gasteiger partial charge in [0.1, 0.15) is 5.75 Å². The Morgan fingerprint density at radius 1 is 0.815 bits per heavy atom. The van der Waals surface area contributed by atoms with Crippen LogP contribution in [0.15, 0.2) is 83.9 Å². The lowest BCUT2D eigenvalue weighted by Gasteiger charge is -2.10. The summed E-state index contributed by atoms with van der Waals surface area (Å²) in [5.41, 5.74) is 6.84. The molecule has 0 spiro atoms. The van der Waals surface area contributed by atoms with E-state index in [1.54, 1.807) is 7.11 Å². The molecule has 2 nitrogen and oxygen atoms in total. The summed E-state index contributed by atoms with van der Waals surface area (Å²) >= 11 is 1.88. The van der Waals surface area contributed by atoms with Crippen molar-refractivity contribution in [3.05, 3.63) is 95.6 Å². The van der Waals surface area contributed by atoms with Gasteiger partial charge in [0.05, 0.1) is 18.5 Å². The van der Waals surface area contributed by atoms with Gasteiger partial charge < -0.3 is 4.74 Å². The molecule has 1 aliphatic carbocycles. The molecular formula is C24H21NOS. The Hall–Kier alpha value is -2.78. The van der Waals surface area contributed by atoms with E-state index in [9.17, 15) is 0 Å². The number of methoxy groups -OCH3 is 1. The molecule has 0 amide bonds. The van der Waals surface area contributed by atoms with Gasteiger partial charge >= 0.3 is 0 Å². The fourth-order valence-electron chi connectivity index (χ4n) is 3.33. The highest BCUT2D eigenvalue weighted by molar-refractivity contribution is 8.08. The molecule has 0 saturated carbocycles. The third-order valence-electron chi connectivity index (χ3n) is 4.56. The predicted molar refractivity (Wildman–Crippen MR) is 117 cm³/mol. The normalized spacial score (nSPS) is 14.5. The topological polar surface area (TPSA) is 21.6 Å². The molecule has 0 fully saturated rings. The molecule has 3 heteroatoms. The number of hydrogen-bond donors (Lipinski definition) is 0.